The Balaban J connectivity index is 2.30. The second-order valence-electron chi connectivity index (χ2n) is 3.04. The minimum Gasteiger partial charge on any atom is -0.478 e. The van der Waals surface area contributed by atoms with Crippen molar-refractivity contribution in [2.75, 3.05) is 0 Å². The molecule has 1 heterocycles. The topological polar surface area (TPSA) is 58.9 Å². The highest BCUT2D eigenvalue weighted by Crippen LogP contribution is 2.41. The fourth-order valence-electron chi connectivity index (χ4n) is 1.81. The highest BCUT2D eigenvalue weighted by atomic mass is 16.7. The van der Waals surface area contributed by atoms with Gasteiger partial charge in [0.2, 0.25) is 5.60 Å². The summed E-state index contributed by atoms with van der Waals surface area (Å²) in [4.78, 5) is 15.7. The lowest BCUT2D eigenvalue weighted by atomic mass is 9.93. The van der Waals surface area contributed by atoms with Gasteiger partial charge in [-0.15, -0.1) is 0 Å². The molecule has 1 aliphatic heterocycles. The van der Waals surface area contributed by atoms with Crippen LogP contribution in [-0.4, -0.2) is 22.9 Å². The Morgan fingerprint density at radius 1 is 1.82 bits per heavy atom. The maximum absolute atomic E-state index is 10.8. The van der Waals surface area contributed by atoms with Crippen molar-refractivity contribution in [1.82, 2.24) is 0 Å². The molecule has 0 aromatic heterocycles. The number of nitrogens with zero attached hydrogens (tertiary/aromatic N) is 1. The van der Waals surface area contributed by atoms with E-state index in [4.69, 9.17) is 9.94 Å². The molecule has 2 atom stereocenters. The molecule has 4 nitrogen and oxygen atoms in total. The molecular formula is C7H9NO3. The summed E-state index contributed by atoms with van der Waals surface area (Å²) < 4.78 is 0. The van der Waals surface area contributed by atoms with Crippen molar-refractivity contribution in [2.24, 2.45) is 11.1 Å². The Hall–Kier alpha value is -1.06. The molecule has 0 bridgehead atoms. The van der Waals surface area contributed by atoms with E-state index in [0.29, 0.717) is 6.42 Å². The van der Waals surface area contributed by atoms with Gasteiger partial charge in [-0.05, 0) is 12.8 Å². The Bertz CT molecular complexity index is 226. The van der Waals surface area contributed by atoms with E-state index in [1.807, 2.05) is 0 Å². The number of hydrogen-bond acceptors (Lipinski definition) is 3. The number of carboxylic acid groups (broad SMARTS) is 1. The second-order valence-corrected chi connectivity index (χ2v) is 3.04. The first-order valence-electron chi connectivity index (χ1n) is 3.71. The van der Waals surface area contributed by atoms with Crippen molar-refractivity contribution in [3.05, 3.63) is 0 Å². The molecule has 1 aliphatic carbocycles. The molecule has 0 radical (unpaired) electrons. The predicted octanol–water partition coefficient (Wildman–Crippen LogP) is 0.626. The molecule has 1 saturated carbocycles. The van der Waals surface area contributed by atoms with Crippen molar-refractivity contribution in [1.29, 1.82) is 0 Å². The third kappa shape index (κ3) is 0.692. The van der Waals surface area contributed by atoms with Crippen molar-refractivity contribution >= 4 is 12.2 Å². The summed E-state index contributed by atoms with van der Waals surface area (Å²) in [5.74, 6) is -0.877. The van der Waals surface area contributed by atoms with E-state index in [1.54, 1.807) is 6.21 Å². The highest BCUT2D eigenvalue weighted by molar-refractivity contribution is 5.85. The van der Waals surface area contributed by atoms with Gasteiger partial charge in [0.05, 0.1) is 12.1 Å². The molecule has 0 aromatic rings. The van der Waals surface area contributed by atoms with Crippen LogP contribution in [0.4, 0.5) is 0 Å². The van der Waals surface area contributed by atoms with Crippen LogP contribution in [0.2, 0.25) is 0 Å². The summed E-state index contributed by atoms with van der Waals surface area (Å²) in [5, 5.41) is 12.4. The Morgan fingerprint density at radius 3 is 3.27 bits per heavy atom. The van der Waals surface area contributed by atoms with E-state index < -0.39 is 11.6 Å². The Morgan fingerprint density at radius 2 is 2.64 bits per heavy atom. The molecule has 1 N–H and O–H groups in total. The fraction of sp³-hybridized carbons (Fsp3) is 0.714. The van der Waals surface area contributed by atoms with Crippen LogP contribution in [0.1, 0.15) is 19.3 Å². The average molecular weight is 155 g/mol. The van der Waals surface area contributed by atoms with E-state index in [-0.39, 0.29) is 5.92 Å². The van der Waals surface area contributed by atoms with Crippen LogP contribution >= 0.6 is 0 Å². The third-order valence-corrected chi connectivity index (χ3v) is 2.48. The van der Waals surface area contributed by atoms with E-state index in [0.717, 1.165) is 12.8 Å². The summed E-state index contributed by atoms with van der Waals surface area (Å²) in [6, 6.07) is 0. The van der Waals surface area contributed by atoms with Crippen LogP contribution in [0, 0.1) is 5.92 Å². The van der Waals surface area contributed by atoms with Crippen LogP contribution in [0.5, 0.6) is 0 Å². The van der Waals surface area contributed by atoms with Crippen molar-refractivity contribution in [2.45, 2.75) is 24.9 Å². The summed E-state index contributed by atoms with van der Waals surface area (Å²) in [5.41, 5.74) is -1.00. The van der Waals surface area contributed by atoms with Crippen molar-refractivity contribution in [3.63, 3.8) is 0 Å². The zero-order valence-electron chi connectivity index (χ0n) is 5.99. The molecule has 2 aliphatic rings. The molecule has 1 fully saturated rings. The molecule has 11 heavy (non-hydrogen) atoms. The van der Waals surface area contributed by atoms with Crippen LogP contribution in [0.25, 0.3) is 0 Å². The number of hydrogen-bond donors (Lipinski definition) is 1. The van der Waals surface area contributed by atoms with Gasteiger partial charge >= 0.3 is 5.97 Å². The zero-order chi connectivity index (χ0) is 7.90. The minimum absolute atomic E-state index is 0.000000000000000222. The molecule has 0 saturated heterocycles. The zero-order valence-corrected chi connectivity index (χ0v) is 5.99. The van der Waals surface area contributed by atoms with E-state index in [2.05, 4.69) is 5.16 Å². The first-order chi connectivity index (χ1) is 5.26. The number of aliphatic carboxylic acids is 1. The highest BCUT2D eigenvalue weighted by Gasteiger charge is 2.54. The molecule has 2 rings (SSSR count). The lowest BCUT2D eigenvalue weighted by molar-refractivity contribution is -0.164. The number of carboxylic acids is 1. The third-order valence-electron chi connectivity index (χ3n) is 2.48. The Labute approximate surface area is 63.8 Å². The molecule has 0 spiro atoms. The maximum Gasteiger partial charge on any atom is 0.351 e. The predicted molar refractivity (Wildman–Crippen MR) is 37.3 cm³/mol. The number of fused-ring (bicyclic) bond motifs is 1. The summed E-state index contributed by atoms with van der Waals surface area (Å²) in [6.07, 6.45) is 4.01. The number of rotatable bonds is 1. The minimum atomic E-state index is -1.00. The molecular weight excluding hydrogens is 146 g/mol. The fourth-order valence-corrected chi connectivity index (χ4v) is 1.81. The summed E-state index contributed by atoms with van der Waals surface area (Å²) in [7, 11) is 0. The monoisotopic (exact) mass is 155 g/mol. The summed E-state index contributed by atoms with van der Waals surface area (Å²) >= 11 is 0. The standard InChI is InChI=1S/C7H9NO3/c9-6(10)7-3-1-2-5(7)4-8-11-7/h4-5H,1-3H2,(H,9,10). The van der Waals surface area contributed by atoms with E-state index >= 15 is 0 Å². The van der Waals surface area contributed by atoms with E-state index in [1.165, 1.54) is 0 Å². The quantitative estimate of drug-likeness (QED) is 0.604. The van der Waals surface area contributed by atoms with Gasteiger partial charge in [-0.25, -0.2) is 4.79 Å². The molecule has 2 unspecified atom stereocenters. The second kappa shape index (κ2) is 1.96. The first kappa shape index (κ1) is 6.64. The van der Waals surface area contributed by atoms with Gasteiger partial charge in [0.1, 0.15) is 0 Å². The lowest BCUT2D eigenvalue weighted by Crippen LogP contribution is -2.41. The van der Waals surface area contributed by atoms with Gasteiger partial charge in [0.15, 0.2) is 0 Å². The first-order valence-corrected chi connectivity index (χ1v) is 3.71. The summed E-state index contributed by atoms with van der Waals surface area (Å²) in [6.45, 7) is 0. The van der Waals surface area contributed by atoms with Gasteiger partial charge in [-0.3, -0.25) is 0 Å². The molecule has 0 aromatic carbocycles. The normalized spacial score (nSPS) is 40.2. The largest absolute Gasteiger partial charge is 0.478 e. The van der Waals surface area contributed by atoms with Gasteiger partial charge in [0, 0.05) is 6.42 Å². The lowest BCUT2D eigenvalue weighted by Gasteiger charge is -2.19. The molecule has 60 valence electrons. The van der Waals surface area contributed by atoms with Gasteiger partial charge in [-0.2, -0.15) is 0 Å². The molecule has 0 amide bonds. The average Bonchev–Trinajstić information content (AvgIpc) is 2.40. The number of oxime groups is 1. The van der Waals surface area contributed by atoms with Gasteiger partial charge < -0.3 is 9.94 Å². The van der Waals surface area contributed by atoms with Gasteiger partial charge in [0.25, 0.3) is 0 Å². The van der Waals surface area contributed by atoms with Crippen LogP contribution < -0.4 is 0 Å². The van der Waals surface area contributed by atoms with Crippen molar-refractivity contribution in [3.8, 4) is 0 Å². The van der Waals surface area contributed by atoms with E-state index in [9.17, 15) is 4.79 Å². The van der Waals surface area contributed by atoms with Crippen LogP contribution in [0.3, 0.4) is 0 Å². The SMILES string of the molecule is O=C(O)C12CCCC1C=NO2. The molecule has 4 heteroatoms. The van der Waals surface area contributed by atoms with Gasteiger partial charge in [-0.1, -0.05) is 5.16 Å². The van der Waals surface area contributed by atoms with Crippen LogP contribution in [-0.2, 0) is 9.63 Å². The maximum atomic E-state index is 10.8. The number of carbonyl (C=O) groups is 1. The smallest absolute Gasteiger partial charge is 0.351 e. The Kier molecular flexibility index (Phi) is 1.19. The van der Waals surface area contributed by atoms with Crippen molar-refractivity contribution < 1.29 is 14.7 Å². The van der Waals surface area contributed by atoms with Crippen LogP contribution in [0.15, 0.2) is 5.16 Å².